The maximum absolute atomic E-state index is 5.16. The number of para-hydroxylation sites is 4. The fourth-order valence-electron chi connectivity index (χ4n) is 8.65. The van der Waals surface area contributed by atoms with Crippen LogP contribution in [-0.4, -0.2) is 15.0 Å². The fraction of sp³-hybridized carbons (Fsp3) is 0.0556. The van der Waals surface area contributed by atoms with Crippen LogP contribution in [0.1, 0.15) is 25.0 Å². The lowest BCUT2D eigenvalue weighted by molar-refractivity contribution is 0.632. The van der Waals surface area contributed by atoms with E-state index >= 15 is 0 Å². The van der Waals surface area contributed by atoms with E-state index in [-0.39, 0.29) is 5.41 Å². The van der Waals surface area contributed by atoms with Gasteiger partial charge in [0, 0.05) is 43.3 Å². The van der Waals surface area contributed by atoms with Crippen LogP contribution in [0, 0.1) is 0 Å². The van der Waals surface area contributed by atoms with Crippen LogP contribution in [0.25, 0.3) is 45.3 Å². The molecule has 0 atom stereocenters. The van der Waals surface area contributed by atoms with Gasteiger partial charge in [-0.15, -0.1) is 0 Å². The van der Waals surface area contributed by atoms with Crippen molar-refractivity contribution in [3.8, 4) is 45.3 Å². The Bertz CT molecular complexity index is 2940. The third-order valence-corrected chi connectivity index (χ3v) is 12.9. The Balaban J connectivity index is 0.993. The predicted molar refractivity (Wildman–Crippen MR) is 247 cm³/mol. The van der Waals surface area contributed by atoms with E-state index in [1.54, 1.807) is 0 Å². The molecule has 1 aromatic heterocycles. The van der Waals surface area contributed by atoms with E-state index in [0.717, 1.165) is 33.6 Å². The summed E-state index contributed by atoms with van der Waals surface area (Å²) in [5.74, 6) is 1.86. The molecule has 6 heteroatoms. The second-order valence-electron chi connectivity index (χ2n) is 15.7. The van der Waals surface area contributed by atoms with Gasteiger partial charge in [-0.1, -0.05) is 141 Å². The smallest absolute Gasteiger partial charge is 0.164 e. The van der Waals surface area contributed by atoms with Crippen molar-refractivity contribution in [3.63, 3.8) is 0 Å². The molecule has 0 saturated carbocycles. The highest BCUT2D eigenvalue weighted by Gasteiger charge is 2.36. The molecular formula is C54H39N5S. The highest BCUT2D eigenvalue weighted by Crippen LogP contribution is 2.53. The van der Waals surface area contributed by atoms with E-state index < -0.39 is 0 Å². The summed E-state index contributed by atoms with van der Waals surface area (Å²) in [5, 5.41) is 0. The van der Waals surface area contributed by atoms with Crippen LogP contribution in [0.2, 0.25) is 0 Å². The summed E-state index contributed by atoms with van der Waals surface area (Å²) in [5.41, 5.74) is 14.4. The zero-order valence-corrected chi connectivity index (χ0v) is 34.0. The molecule has 2 aliphatic heterocycles. The zero-order valence-electron chi connectivity index (χ0n) is 33.2. The van der Waals surface area contributed by atoms with E-state index in [4.69, 9.17) is 15.0 Å². The topological polar surface area (TPSA) is 45.2 Å². The zero-order chi connectivity index (χ0) is 40.2. The third-order valence-electron chi connectivity index (χ3n) is 11.7. The van der Waals surface area contributed by atoms with Gasteiger partial charge in [0.25, 0.3) is 0 Å². The molecule has 0 radical (unpaired) electrons. The second kappa shape index (κ2) is 14.5. The number of anilines is 6. The lowest BCUT2D eigenvalue weighted by atomic mass is 9.73. The highest BCUT2D eigenvalue weighted by atomic mass is 32.2. The number of nitrogens with zero attached hydrogens (tertiary/aromatic N) is 5. The third kappa shape index (κ3) is 6.16. The maximum atomic E-state index is 5.16. The molecule has 0 spiro atoms. The molecule has 3 heterocycles. The summed E-state index contributed by atoms with van der Waals surface area (Å²) in [4.78, 5) is 22.6. The van der Waals surface area contributed by atoms with Crippen molar-refractivity contribution in [2.75, 3.05) is 9.80 Å². The second-order valence-corrected chi connectivity index (χ2v) is 16.8. The molecular weight excluding hydrogens is 751 g/mol. The molecule has 8 aromatic carbocycles. The van der Waals surface area contributed by atoms with Crippen LogP contribution in [0.3, 0.4) is 0 Å². The molecule has 0 aliphatic carbocycles. The number of aromatic nitrogens is 3. The number of hydrogen-bond acceptors (Lipinski definition) is 6. The Morgan fingerprint density at radius 3 is 1.13 bits per heavy atom. The first-order valence-electron chi connectivity index (χ1n) is 20.3. The molecule has 0 unspecified atom stereocenters. The summed E-state index contributed by atoms with van der Waals surface area (Å²) in [6.07, 6.45) is 0. The van der Waals surface area contributed by atoms with Gasteiger partial charge >= 0.3 is 0 Å². The van der Waals surface area contributed by atoms with E-state index in [1.807, 2.05) is 17.8 Å². The first-order valence-corrected chi connectivity index (χ1v) is 21.1. The lowest BCUT2D eigenvalue weighted by Gasteiger charge is -2.42. The Hall–Kier alpha value is -7.28. The van der Waals surface area contributed by atoms with Crippen molar-refractivity contribution in [2.45, 2.75) is 29.1 Å². The minimum absolute atomic E-state index is 0.124. The van der Waals surface area contributed by atoms with Gasteiger partial charge in [-0.25, -0.2) is 15.0 Å². The van der Waals surface area contributed by atoms with Gasteiger partial charge < -0.3 is 9.80 Å². The largest absolute Gasteiger partial charge is 0.310 e. The van der Waals surface area contributed by atoms with Crippen LogP contribution in [0.15, 0.2) is 210 Å². The van der Waals surface area contributed by atoms with Crippen molar-refractivity contribution < 1.29 is 0 Å². The molecule has 9 aromatic rings. The average Bonchev–Trinajstić information content (AvgIpc) is 3.31. The number of rotatable bonds is 6. The average molecular weight is 790 g/mol. The van der Waals surface area contributed by atoms with E-state index in [9.17, 15) is 0 Å². The van der Waals surface area contributed by atoms with Gasteiger partial charge in [0.2, 0.25) is 0 Å². The van der Waals surface area contributed by atoms with Crippen LogP contribution >= 0.6 is 11.8 Å². The molecule has 0 fully saturated rings. The van der Waals surface area contributed by atoms with Crippen molar-refractivity contribution in [1.82, 2.24) is 15.0 Å². The van der Waals surface area contributed by atoms with Gasteiger partial charge in [-0.3, -0.25) is 0 Å². The molecule has 0 amide bonds. The SMILES string of the molecule is CC1(C)c2ccccc2N(c2ccc(-c3nc(-c4ccc(-c5ccccc5)cc4)nc(-c4ccc(N5c6ccccc6Sc6ccccc65)cc4)n3)cc2)c2ccccc21. The standard InChI is InChI=1S/C54H39N5S/c1-54(2)43-16-6-8-18-45(43)58(46-19-9-7-17-44(46)54)41-32-28-39(29-33-41)52-55-51(38-26-24-37(25-27-38)36-14-4-3-5-15-36)56-53(57-52)40-30-34-42(35-31-40)59-47-20-10-12-22-49(47)60-50-23-13-11-21-48(50)59/h3-35H,1-2H3. The highest BCUT2D eigenvalue weighted by molar-refractivity contribution is 7.99. The Labute approximate surface area is 354 Å². The van der Waals surface area contributed by atoms with Gasteiger partial charge in [0.15, 0.2) is 17.5 Å². The van der Waals surface area contributed by atoms with Gasteiger partial charge in [0.1, 0.15) is 0 Å². The number of fused-ring (bicyclic) bond motifs is 4. The molecule has 0 N–H and O–H groups in total. The van der Waals surface area contributed by atoms with E-state index in [2.05, 4.69) is 218 Å². The summed E-state index contributed by atoms with van der Waals surface area (Å²) >= 11 is 1.81. The van der Waals surface area contributed by atoms with Crippen LogP contribution in [0.5, 0.6) is 0 Å². The minimum Gasteiger partial charge on any atom is -0.310 e. The Morgan fingerprint density at radius 1 is 0.333 bits per heavy atom. The lowest BCUT2D eigenvalue weighted by Crippen LogP contribution is -2.30. The molecule has 0 bridgehead atoms. The van der Waals surface area contributed by atoms with Crippen LogP contribution in [0.4, 0.5) is 34.1 Å². The summed E-state index contributed by atoms with van der Waals surface area (Å²) in [7, 11) is 0. The van der Waals surface area contributed by atoms with E-state index in [1.165, 1.54) is 49.2 Å². The maximum Gasteiger partial charge on any atom is 0.164 e. The number of hydrogen-bond donors (Lipinski definition) is 0. The first-order chi connectivity index (χ1) is 29.5. The Kier molecular flexibility index (Phi) is 8.68. The normalized spacial score (nSPS) is 13.5. The summed E-state index contributed by atoms with van der Waals surface area (Å²) in [6.45, 7) is 4.63. The quantitative estimate of drug-likeness (QED) is 0.167. The van der Waals surface area contributed by atoms with Crippen molar-refractivity contribution in [2.24, 2.45) is 0 Å². The van der Waals surface area contributed by atoms with Crippen LogP contribution in [-0.2, 0) is 5.41 Å². The van der Waals surface area contributed by atoms with E-state index in [0.29, 0.717) is 17.5 Å². The molecule has 286 valence electrons. The number of benzene rings is 8. The van der Waals surface area contributed by atoms with Gasteiger partial charge in [-0.05, 0) is 107 Å². The monoisotopic (exact) mass is 789 g/mol. The molecule has 2 aliphatic rings. The fourth-order valence-corrected chi connectivity index (χ4v) is 9.71. The molecule has 11 rings (SSSR count). The summed E-state index contributed by atoms with van der Waals surface area (Å²) < 4.78 is 0. The minimum atomic E-state index is -0.124. The van der Waals surface area contributed by atoms with Crippen molar-refractivity contribution in [3.05, 3.63) is 211 Å². The summed E-state index contributed by atoms with van der Waals surface area (Å²) in [6, 6.07) is 70.8. The molecule has 5 nitrogen and oxygen atoms in total. The Morgan fingerprint density at radius 2 is 0.667 bits per heavy atom. The molecule has 60 heavy (non-hydrogen) atoms. The first kappa shape index (κ1) is 35.8. The van der Waals surface area contributed by atoms with Crippen LogP contribution < -0.4 is 9.80 Å². The van der Waals surface area contributed by atoms with Crippen molar-refractivity contribution >= 4 is 45.9 Å². The van der Waals surface area contributed by atoms with Crippen molar-refractivity contribution in [1.29, 1.82) is 0 Å². The molecule has 0 saturated heterocycles. The van der Waals surface area contributed by atoms with Gasteiger partial charge in [-0.2, -0.15) is 0 Å². The van der Waals surface area contributed by atoms with Gasteiger partial charge in [0.05, 0.1) is 22.7 Å². The predicted octanol–water partition coefficient (Wildman–Crippen LogP) is 14.6.